The van der Waals surface area contributed by atoms with Crippen molar-refractivity contribution in [2.75, 3.05) is 38.3 Å². The Bertz CT molecular complexity index is 1090. The van der Waals surface area contributed by atoms with Crippen LogP contribution in [0, 0.1) is 17.8 Å². The molecular weight excluding hydrogens is 488 g/mol. The first-order chi connectivity index (χ1) is 18.2. The molecule has 0 aromatic heterocycles. The van der Waals surface area contributed by atoms with E-state index < -0.39 is 35.0 Å². The summed E-state index contributed by atoms with van der Waals surface area (Å²) < 4.78 is 17.5. The number of carbonyl (C=O) groups is 3. The van der Waals surface area contributed by atoms with Gasteiger partial charge in [-0.3, -0.25) is 14.4 Å². The quantitative estimate of drug-likeness (QED) is 0.254. The molecule has 6 atom stereocenters. The van der Waals surface area contributed by atoms with Crippen LogP contribution in [0.3, 0.4) is 0 Å². The second-order valence-electron chi connectivity index (χ2n) is 10.5. The van der Waals surface area contributed by atoms with Crippen LogP contribution < -0.4 is 9.64 Å². The fraction of sp³-hybridized carbons (Fsp3) is 0.552. The van der Waals surface area contributed by atoms with Crippen LogP contribution in [0.25, 0.3) is 0 Å². The third-order valence-electron chi connectivity index (χ3n) is 8.40. The van der Waals surface area contributed by atoms with Crippen molar-refractivity contribution in [3.05, 3.63) is 49.6 Å². The summed E-state index contributed by atoms with van der Waals surface area (Å²) in [5.74, 6) is -2.39. The predicted molar refractivity (Wildman–Crippen MR) is 142 cm³/mol. The number of rotatable bonds is 12. The van der Waals surface area contributed by atoms with Gasteiger partial charge in [0.2, 0.25) is 5.91 Å². The summed E-state index contributed by atoms with van der Waals surface area (Å²) in [5, 5.41) is 9.85. The molecule has 3 saturated heterocycles. The number of anilines is 1. The van der Waals surface area contributed by atoms with E-state index in [0.717, 1.165) is 0 Å². The normalized spacial score (nSPS) is 31.2. The molecule has 1 N–H and O–H groups in total. The molecule has 2 amide bonds. The number of ether oxygens (including phenoxy) is 3. The van der Waals surface area contributed by atoms with Gasteiger partial charge in [-0.1, -0.05) is 19.1 Å². The number of hydrogen-bond acceptors (Lipinski definition) is 7. The van der Waals surface area contributed by atoms with E-state index in [0.29, 0.717) is 30.7 Å². The number of amides is 2. The Morgan fingerprint density at radius 1 is 1.26 bits per heavy atom. The number of nitrogens with zero attached hydrogens (tertiary/aromatic N) is 2. The molecule has 0 aliphatic carbocycles. The highest BCUT2D eigenvalue weighted by Gasteiger charge is 2.80. The van der Waals surface area contributed by atoms with Crippen LogP contribution in [0.15, 0.2) is 49.6 Å². The number of unbranched alkanes of at least 4 members (excludes halogenated alkanes) is 1. The molecule has 0 saturated carbocycles. The monoisotopic (exact) mass is 526 g/mol. The molecule has 0 radical (unpaired) electrons. The topological polar surface area (TPSA) is 106 Å². The van der Waals surface area contributed by atoms with E-state index in [-0.39, 0.29) is 44.0 Å². The van der Waals surface area contributed by atoms with E-state index >= 15 is 0 Å². The highest BCUT2D eigenvalue weighted by Crippen LogP contribution is 2.65. The second kappa shape index (κ2) is 10.9. The minimum Gasteiger partial charge on any atom is -0.497 e. The molecule has 3 aliphatic rings. The third-order valence-corrected chi connectivity index (χ3v) is 8.40. The first-order valence-electron chi connectivity index (χ1n) is 13.2. The Balaban J connectivity index is 1.73. The first-order valence-corrected chi connectivity index (χ1v) is 13.2. The number of aliphatic hydroxyl groups is 1. The molecule has 3 unspecified atom stereocenters. The Labute approximate surface area is 224 Å². The van der Waals surface area contributed by atoms with Crippen LogP contribution in [0.4, 0.5) is 5.69 Å². The van der Waals surface area contributed by atoms with Gasteiger partial charge >= 0.3 is 5.97 Å². The van der Waals surface area contributed by atoms with E-state index in [1.54, 1.807) is 48.4 Å². The number of aliphatic hydroxyl groups excluding tert-OH is 1. The zero-order valence-corrected chi connectivity index (χ0v) is 22.4. The molecule has 9 nitrogen and oxygen atoms in total. The van der Waals surface area contributed by atoms with Gasteiger partial charge in [0.25, 0.3) is 5.91 Å². The molecule has 1 spiro atoms. The Morgan fingerprint density at radius 2 is 1.97 bits per heavy atom. The van der Waals surface area contributed by atoms with E-state index in [1.807, 2.05) is 13.8 Å². The van der Waals surface area contributed by atoms with Crippen LogP contribution in [0.5, 0.6) is 5.75 Å². The lowest BCUT2D eigenvalue weighted by atomic mass is 9.62. The van der Waals surface area contributed by atoms with Crippen LogP contribution in [-0.4, -0.2) is 78.4 Å². The van der Waals surface area contributed by atoms with Gasteiger partial charge in [-0.2, -0.15) is 0 Å². The zero-order valence-electron chi connectivity index (χ0n) is 22.4. The number of hydrogen-bond donors (Lipinski definition) is 1. The molecule has 38 heavy (non-hydrogen) atoms. The van der Waals surface area contributed by atoms with E-state index in [9.17, 15) is 19.5 Å². The van der Waals surface area contributed by atoms with Crippen LogP contribution in [-0.2, 0) is 23.9 Å². The Morgan fingerprint density at radius 3 is 2.58 bits per heavy atom. The van der Waals surface area contributed by atoms with E-state index in [4.69, 9.17) is 14.2 Å². The smallest absolute Gasteiger partial charge is 0.312 e. The SMILES string of the molecule is C=CCCCOC(=O)[C@@H]1[C@H]2C(=O)N(CCO)C(C(=O)N(CC=C)c3ccc(OC)cc3)C23CC(C)[C@@]1(C)O3. The highest BCUT2D eigenvalue weighted by atomic mass is 16.6. The number of carbonyl (C=O) groups excluding carboxylic acids is 3. The van der Waals surface area contributed by atoms with Crippen molar-refractivity contribution in [2.24, 2.45) is 17.8 Å². The van der Waals surface area contributed by atoms with Gasteiger partial charge < -0.3 is 29.1 Å². The van der Waals surface area contributed by atoms with Crippen molar-refractivity contribution >= 4 is 23.5 Å². The van der Waals surface area contributed by atoms with Gasteiger partial charge in [0, 0.05) is 18.8 Å². The van der Waals surface area contributed by atoms with Gasteiger partial charge in [0.15, 0.2) is 0 Å². The van der Waals surface area contributed by atoms with Gasteiger partial charge in [0.1, 0.15) is 23.3 Å². The van der Waals surface area contributed by atoms with Crippen molar-refractivity contribution in [3.63, 3.8) is 0 Å². The van der Waals surface area contributed by atoms with Crippen molar-refractivity contribution in [1.82, 2.24) is 4.90 Å². The number of esters is 1. The third kappa shape index (κ3) is 4.31. The summed E-state index contributed by atoms with van der Waals surface area (Å²) in [7, 11) is 1.56. The average Bonchev–Trinajstić information content (AvgIpc) is 3.42. The zero-order chi connectivity index (χ0) is 27.7. The maximum atomic E-state index is 14.3. The average molecular weight is 527 g/mol. The molecule has 3 heterocycles. The first kappa shape index (κ1) is 27.9. The number of allylic oxidation sites excluding steroid dienone is 1. The molecule has 2 bridgehead atoms. The Hall–Kier alpha value is -3.17. The minimum atomic E-state index is -1.21. The summed E-state index contributed by atoms with van der Waals surface area (Å²) in [6.07, 6.45) is 5.15. The van der Waals surface area contributed by atoms with Gasteiger partial charge in [-0.05, 0) is 56.4 Å². The number of β-amino-alcohol motifs (C(OH)–C–C–N with tert-alkyl or cyclic N) is 1. The minimum absolute atomic E-state index is 0.0480. The van der Waals surface area contributed by atoms with E-state index in [1.165, 1.54) is 4.90 Å². The van der Waals surface area contributed by atoms with Gasteiger partial charge in [-0.25, -0.2) is 0 Å². The van der Waals surface area contributed by atoms with E-state index in [2.05, 4.69) is 13.2 Å². The van der Waals surface area contributed by atoms with Crippen LogP contribution >= 0.6 is 0 Å². The molecular formula is C29H38N2O7. The molecule has 3 aliphatic heterocycles. The lowest BCUT2D eigenvalue weighted by molar-refractivity contribution is -0.161. The van der Waals surface area contributed by atoms with Gasteiger partial charge in [0.05, 0.1) is 31.8 Å². The molecule has 3 fully saturated rings. The van der Waals surface area contributed by atoms with Crippen LogP contribution in [0.1, 0.15) is 33.1 Å². The number of benzene rings is 1. The molecule has 206 valence electrons. The van der Waals surface area contributed by atoms with Gasteiger partial charge in [-0.15, -0.1) is 13.2 Å². The predicted octanol–water partition coefficient (Wildman–Crippen LogP) is 2.73. The maximum absolute atomic E-state index is 14.3. The fourth-order valence-electron chi connectivity index (χ4n) is 6.58. The summed E-state index contributed by atoms with van der Waals surface area (Å²) in [5.41, 5.74) is -1.56. The summed E-state index contributed by atoms with van der Waals surface area (Å²) >= 11 is 0. The van der Waals surface area contributed by atoms with Crippen molar-refractivity contribution in [2.45, 2.75) is 50.4 Å². The second-order valence-corrected chi connectivity index (χ2v) is 10.5. The van der Waals surface area contributed by atoms with Crippen LogP contribution in [0.2, 0.25) is 0 Å². The lowest BCUT2D eigenvalue weighted by Crippen LogP contribution is -2.57. The Kier molecular flexibility index (Phi) is 7.99. The van der Waals surface area contributed by atoms with Crippen molar-refractivity contribution < 1.29 is 33.7 Å². The van der Waals surface area contributed by atoms with Crippen molar-refractivity contribution in [1.29, 1.82) is 0 Å². The summed E-state index contributed by atoms with van der Waals surface area (Å²) in [6.45, 7) is 11.4. The maximum Gasteiger partial charge on any atom is 0.312 e. The number of fused-ring (bicyclic) bond motifs is 1. The number of likely N-dealkylation sites (tertiary alicyclic amines) is 1. The largest absolute Gasteiger partial charge is 0.497 e. The molecule has 4 rings (SSSR count). The fourth-order valence-corrected chi connectivity index (χ4v) is 6.58. The standard InChI is InChI=1S/C29H38N2O7/c1-6-8-9-17-37-27(35)23-22-25(33)31(15-16-32)24(29(22)18-19(3)28(23,4)38-29)26(34)30(14-7-2)20-10-12-21(36-5)13-11-20/h6-7,10-13,19,22-24,32H,1-2,8-9,14-18H2,3-5H3/t19?,22-,23-,24?,28+,29?/m0/s1. The highest BCUT2D eigenvalue weighted by molar-refractivity contribution is 6.04. The molecule has 1 aromatic carbocycles. The molecule has 1 aromatic rings. The lowest BCUT2D eigenvalue weighted by Gasteiger charge is -2.37. The number of methoxy groups -OCH3 is 1. The van der Waals surface area contributed by atoms with Crippen molar-refractivity contribution in [3.8, 4) is 5.75 Å². The molecule has 9 heteroatoms. The summed E-state index contributed by atoms with van der Waals surface area (Å²) in [4.78, 5) is 44.6. The summed E-state index contributed by atoms with van der Waals surface area (Å²) in [6, 6.07) is 6.03.